The summed E-state index contributed by atoms with van der Waals surface area (Å²) < 4.78 is 0. The molecule has 184 valence electrons. The Morgan fingerprint density at radius 1 is 0.531 bits per heavy atom. The molecule has 2 unspecified atom stereocenters. The normalized spacial score (nSPS) is 19.6. The number of carbonyl (C=O) groups is 4. The van der Waals surface area contributed by atoms with E-state index in [1.165, 1.54) is 0 Å². The van der Waals surface area contributed by atoms with Gasteiger partial charge in [0, 0.05) is 35.8 Å². The fraction of sp³-hybridized carbons (Fsp3) is 0.846. The lowest BCUT2D eigenvalue weighted by molar-refractivity contribution is -0.132. The van der Waals surface area contributed by atoms with Gasteiger partial charge in [-0.3, -0.25) is 29.0 Å². The quantitative estimate of drug-likeness (QED) is 0.401. The Kier molecular flexibility index (Phi) is 11.9. The molecule has 6 heteroatoms. The van der Waals surface area contributed by atoms with E-state index in [-0.39, 0.29) is 85.1 Å². The highest BCUT2D eigenvalue weighted by molar-refractivity contribution is 5.86. The van der Waals surface area contributed by atoms with Gasteiger partial charge in [-0.05, 0) is 12.8 Å². The van der Waals surface area contributed by atoms with Crippen molar-refractivity contribution in [2.45, 2.75) is 93.2 Å². The molecule has 0 amide bonds. The van der Waals surface area contributed by atoms with Crippen LogP contribution in [-0.4, -0.2) is 71.2 Å². The van der Waals surface area contributed by atoms with Crippen molar-refractivity contribution in [3.05, 3.63) is 0 Å². The first-order valence-electron chi connectivity index (χ1n) is 12.4. The van der Waals surface area contributed by atoms with Crippen molar-refractivity contribution >= 4 is 23.1 Å². The number of hydrogen-bond donors (Lipinski definition) is 0. The highest BCUT2D eigenvalue weighted by atomic mass is 16.1. The second-order valence-electron chi connectivity index (χ2n) is 10.7. The zero-order valence-electron chi connectivity index (χ0n) is 21.6. The van der Waals surface area contributed by atoms with Crippen LogP contribution in [0.15, 0.2) is 0 Å². The second-order valence-corrected chi connectivity index (χ2v) is 10.7. The van der Waals surface area contributed by atoms with Crippen LogP contribution < -0.4 is 0 Å². The fourth-order valence-corrected chi connectivity index (χ4v) is 4.06. The first kappa shape index (κ1) is 28.6. The van der Waals surface area contributed by atoms with Gasteiger partial charge in [-0.25, -0.2) is 0 Å². The Hall–Kier alpha value is -1.40. The molecule has 1 rings (SSSR count). The molecule has 1 aliphatic carbocycles. The molecule has 6 nitrogen and oxygen atoms in total. The minimum Gasteiger partial charge on any atom is -0.298 e. The van der Waals surface area contributed by atoms with Crippen LogP contribution in [0.5, 0.6) is 0 Å². The number of hydrogen-bond acceptors (Lipinski definition) is 6. The SMILES string of the molecule is CC(C)C(=O)CN(CC(=O)C(C)C)C1CCCCC1N(CC(=O)C(C)C)CC(=O)C(C)C. The molecular formula is C26H46N2O4. The molecule has 1 fully saturated rings. The molecule has 2 atom stereocenters. The predicted octanol–water partition coefficient (Wildman–Crippen LogP) is 3.80. The van der Waals surface area contributed by atoms with Crippen LogP contribution in [0.25, 0.3) is 0 Å². The number of Topliss-reactive ketones (excluding diaryl/α,β-unsaturated/α-hetero) is 4. The summed E-state index contributed by atoms with van der Waals surface area (Å²) in [5.74, 6) is 0.0695. The van der Waals surface area contributed by atoms with Crippen molar-refractivity contribution in [1.29, 1.82) is 0 Å². The predicted molar refractivity (Wildman–Crippen MR) is 129 cm³/mol. The Morgan fingerprint density at radius 3 is 0.938 bits per heavy atom. The van der Waals surface area contributed by atoms with Gasteiger partial charge >= 0.3 is 0 Å². The molecule has 32 heavy (non-hydrogen) atoms. The van der Waals surface area contributed by atoms with Gasteiger partial charge in [-0.15, -0.1) is 0 Å². The lowest BCUT2D eigenvalue weighted by atomic mass is 9.86. The van der Waals surface area contributed by atoms with Crippen LogP contribution in [0, 0.1) is 23.7 Å². The number of nitrogens with zero attached hydrogens (tertiary/aromatic N) is 2. The van der Waals surface area contributed by atoms with Crippen molar-refractivity contribution in [2.75, 3.05) is 26.2 Å². The van der Waals surface area contributed by atoms with Crippen molar-refractivity contribution < 1.29 is 19.2 Å². The summed E-state index contributed by atoms with van der Waals surface area (Å²) in [6.07, 6.45) is 3.77. The summed E-state index contributed by atoms with van der Waals surface area (Å²) in [6.45, 7) is 16.0. The van der Waals surface area contributed by atoms with Crippen LogP contribution in [0.3, 0.4) is 0 Å². The Morgan fingerprint density at radius 2 is 0.750 bits per heavy atom. The van der Waals surface area contributed by atoms with Gasteiger partial charge in [-0.1, -0.05) is 68.2 Å². The highest BCUT2D eigenvalue weighted by Gasteiger charge is 2.37. The summed E-state index contributed by atoms with van der Waals surface area (Å²) in [5.41, 5.74) is 0. The lowest BCUT2D eigenvalue weighted by Crippen LogP contribution is -2.58. The monoisotopic (exact) mass is 450 g/mol. The zero-order chi connectivity index (χ0) is 24.6. The van der Waals surface area contributed by atoms with Crippen molar-refractivity contribution in [2.24, 2.45) is 23.7 Å². The minimum atomic E-state index is -0.102. The maximum Gasteiger partial charge on any atom is 0.149 e. The number of carbonyl (C=O) groups excluding carboxylic acids is 4. The van der Waals surface area contributed by atoms with Gasteiger partial charge in [0.25, 0.3) is 0 Å². The third-order valence-corrected chi connectivity index (χ3v) is 6.64. The maximum absolute atomic E-state index is 12.7. The standard InChI is InChI=1S/C26H46N2O4/c1-17(2)23(29)13-27(14-24(30)18(3)4)21-11-9-10-12-22(21)28(15-25(31)19(5)6)16-26(32)20(7)8/h17-22H,9-16H2,1-8H3. The summed E-state index contributed by atoms with van der Waals surface area (Å²) >= 11 is 0. The average Bonchev–Trinajstić information content (AvgIpc) is 2.71. The van der Waals surface area contributed by atoms with Crippen LogP contribution in [0.2, 0.25) is 0 Å². The van der Waals surface area contributed by atoms with Gasteiger partial charge in [0.1, 0.15) is 23.1 Å². The van der Waals surface area contributed by atoms with Gasteiger partial charge < -0.3 is 0 Å². The van der Waals surface area contributed by atoms with Crippen LogP contribution in [0.4, 0.5) is 0 Å². The van der Waals surface area contributed by atoms with E-state index < -0.39 is 0 Å². The van der Waals surface area contributed by atoms with Crippen molar-refractivity contribution in [1.82, 2.24) is 9.80 Å². The third-order valence-electron chi connectivity index (χ3n) is 6.64. The molecule has 0 aliphatic heterocycles. The fourth-order valence-electron chi connectivity index (χ4n) is 4.06. The first-order valence-corrected chi connectivity index (χ1v) is 12.4. The summed E-state index contributed by atoms with van der Waals surface area (Å²) in [7, 11) is 0. The van der Waals surface area contributed by atoms with E-state index in [0.717, 1.165) is 25.7 Å². The Labute approximate surface area is 195 Å². The summed E-state index contributed by atoms with van der Waals surface area (Å²) in [5, 5.41) is 0. The molecule has 0 saturated heterocycles. The molecule has 0 N–H and O–H groups in total. The second kappa shape index (κ2) is 13.3. The van der Waals surface area contributed by atoms with E-state index in [9.17, 15) is 19.2 Å². The Bertz CT molecular complexity index is 554. The molecular weight excluding hydrogens is 404 g/mol. The van der Waals surface area contributed by atoms with Gasteiger partial charge in [0.2, 0.25) is 0 Å². The van der Waals surface area contributed by atoms with Gasteiger partial charge in [-0.2, -0.15) is 0 Å². The third kappa shape index (κ3) is 8.86. The largest absolute Gasteiger partial charge is 0.298 e. The maximum atomic E-state index is 12.7. The van der Waals surface area contributed by atoms with Crippen molar-refractivity contribution in [3.63, 3.8) is 0 Å². The van der Waals surface area contributed by atoms with Crippen LogP contribution in [0.1, 0.15) is 81.1 Å². The highest BCUT2D eigenvalue weighted by Crippen LogP contribution is 2.28. The molecule has 1 aliphatic rings. The molecule has 1 saturated carbocycles. The van der Waals surface area contributed by atoms with E-state index in [1.54, 1.807) is 0 Å². The molecule has 0 aromatic heterocycles. The molecule has 0 spiro atoms. The summed E-state index contributed by atoms with van der Waals surface area (Å²) in [4.78, 5) is 54.8. The van der Waals surface area contributed by atoms with E-state index in [2.05, 4.69) is 0 Å². The zero-order valence-corrected chi connectivity index (χ0v) is 21.6. The van der Waals surface area contributed by atoms with Gasteiger partial charge in [0.15, 0.2) is 0 Å². The average molecular weight is 451 g/mol. The Balaban J connectivity index is 3.27. The molecule has 0 aromatic carbocycles. The van der Waals surface area contributed by atoms with E-state index in [0.29, 0.717) is 0 Å². The smallest absolute Gasteiger partial charge is 0.149 e. The first-order chi connectivity index (χ1) is 14.8. The lowest BCUT2D eigenvalue weighted by Gasteiger charge is -2.45. The van der Waals surface area contributed by atoms with Crippen LogP contribution >= 0.6 is 0 Å². The molecule has 0 heterocycles. The topological polar surface area (TPSA) is 74.8 Å². The van der Waals surface area contributed by atoms with E-state index in [4.69, 9.17) is 0 Å². The minimum absolute atomic E-state index is 0.0194. The van der Waals surface area contributed by atoms with E-state index >= 15 is 0 Å². The molecule has 0 aromatic rings. The van der Waals surface area contributed by atoms with Crippen molar-refractivity contribution in [3.8, 4) is 0 Å². The number of rotatable bonds is 14. The van der Waals surface area contributed by atoms with Crippen LogP contribution in [-0.2, 0) is 19.2 Å². The number of ketones is 4. The summed E-state index contributed by atoms with van der Waals surface area (Å²) in [6, 6.07) is -0.0388. The molecule has 0 radical (unpaired) electrons. The molecule has 0 bridgehead atoms. The van der Waals surface area contributed by atoms with Gasteiger partial charge in [0.05, 0.1) is 26.2 Å². The van der Waals surface area contributed by atoms with E-state index in [1.807, 2.05) is 65.2 Å².